The Morgan fingerprint density at radius 2 is 2.10 bits per heavy atom. The first-order valence-corrected chi connectivity index (χ1v) is 7.10. The summed E-state index contributed by atoms with van der Waals surface area (Å²) in [5, 5.41) is 10.9. The Labute approximate surface area is 125 Å². The van der Waals surface area contributed by atoms with Crippen molar-refractivity contribution in [3.05, 3.63) is 42.2 Å². The summed E-state index contributed by atoms with van der Waals surface area (Å²) < 4.78 is 5.27. The molecule has 1 aliphatic rings. The van der Waals surface area contributed by atoms with Crippen LogP contribution >= 0.6 is 0 Å². The lowest BCUT2D eigenvalue weighted by atomic mass is 10.1. The first-order chi connectivity index (χ1) is 10.1. The van der Waals surface area contributed by atoms with Gasteiger partial charge in [-0.25, -0.2) is 4.79 Å². The fourth-order valence-corrected chi connectivity index (χ4v) is 1.93. The van der Waals surface area contributed by atoms with Gasteiger partial charge < -0.3 is 20.4 Å². The van der Waals surface area contributed by atoms with Crippen molar-refractivity contribution in [1.29, 1.82) is 5.41 Å². The van der Waals surface area contributed by atoms with Crippen LogP contribution in [0.3, 0.4) is 0 Å². The molecular weight excluding hydrogens is 266 g/mol. The minimum absolute atomic E-state index is 0.270. The van der Waals surface area contributed by atoms with Gasteiger partial charge in [-0.2, -0.15) is 0 Å². The van der Waals surface area contributed by atoms with Crippen LogP contribution in [0, 0.1) is 11.3 Å². The normalized spacial score (nSPS) is 13.9. The molecule has 0 fully saturated rings. The number of hydrogen-bond acceptors (Lipinski definition) is 5. The molecular formula is C16H21N3O2. The Morgan fingerprint density at radius 1 is 1.38 bits per heavy atom. The van der Waals surface area contributed by atoms with Crippen LogP contribution in [-0.2, 0) is 4.79 Å². The van der Waals surface area contributed by atoms with Gasteiger partial charge in [-0.1, -0.05) is 32.0 Å². The third-order valence-corrected chi connectivity index (χ3v) is 3.32. The molecule has 1 aromatic rings. The fourth-order valence-electron chi connectivity index (χ4n) is 1.93. The number of ether oxygens (including phenoxy) is 1. The maximum absolute atomic E-state index is 12.0. The molecule has 2 rings (SSSR count). The monoisotopic (exact) mass is 287 g/mol. The highest BCUT2D eigenvalue weighted by Crippen LogP contribution is 2.13. The summed E-state index contributed by atoms with van der Waals surface area (Å²) >= 11 is 0. The molecule has 0 aromatic heterocycles. The van der Waals surface area contributed by atoms with E-state index < -0.39 is 0 Å². The molecule has 2 N–H and O–H groups in total. The zero-order valence-corrected chi connectivity index (χ0v) is 12.4. The van der Waals surface area contributed by atoms with Gasteiger partial charge in [-0.15, -0.1) is 0 Å². The molecule has 0 unspecified atom stereocenters. The van der Waals surface area contributed by atoms with Crippen molar-refractivity contribution >= 4 is 11.7 Å². The fraction of sp³-hybridized carbons (Fsp3) is 0.375. The number of carbonyl (C=O) groups is 1. The smallest absolute Gasteiger partial charge is 0.361 e. The topological polar surface area (TPSA) is 65.4 Å². The summed E-state index contributed by atoms with van der Waals surface area (Å²) in [4.78, 5) is 14.0. The van der Waals surface area contributed by atoms with Gasteiger partial charge in [-0.3, -0.25) is 0 Å². The minimum atomic E-state index is -0.386. The molecule has 0 saturated carbocycles. The standard InChI is InChI=1S/C16H21N3O2/c1-12(2)14(17)8-9-19-10-15(18-11-19)16(20)21-13-6-4-3-5-7-13/h3-7,10,12,17-18H,8-9,11H2,1-2H3. The molecule has 0 bridgehead atoms. The molecule has 1 heterocycles. The van der Waals surface area contributed by atoms with E-state index in [0.29, 0.717) is 24.5 Å². The maximum atomic E-state index is 12.0. The van der Waals surface area contributed by atoms with Crippen LogP contribution in [0.25, 0.3) is 0 Å². The predicted octanol–water partition coefficient (Wildman–Crippen LogP) is 2.36. The third-order valence-electron chi connectivity index (χ3n) is 3.32. The van der Waals surface area contributed by atoms with Gasteiger partial charge in [0.2, 0.25) is 0 Å². The van der Waals surface area contributed by atoms with E-state index in [9.17, 15) is 4.79 Å². The van der Waals surface area contributed by atoms with Gasteiger partial charge in [-0.05, 0) is 18.1 Å². The number of benzene rings is 1. The van der Waals surface area contributed by atoms with Gasteiger partial charge in [0.15, 0.2) is 0 Å². The van der Waals surface area contributed by atoms with Crippen LogP contribution in [0.5, 0.6) is 5.75 Å². The lowest BCUT2D eigenvalue weighted by molar-refractivity contribution is -0.130. The first kappa shape index (κ1) is 15.1. The van der Waals surface area contributed by atoms with E-state index in [1.54, 1.807) is 18.3 Å². The Morgan fingerprint density at radius 3 is 2.76 bits per heavy atom. The van der Waals surface area contributed by atoms with Crippen molar-refractivity contribution in [2.45, 2.75) is 20.3 Å². The lowest BCUT2D eigenvalue weighted by Gasteiger charge is -2.15. The van der Waals surface area contributed by atoms with Crippen molar-refractivity contribution in [1.82, 2.24) is 10.2 Å². The van der Waals surface area contributed by atoms with E-state index in [1.165, 1.54) is 0 Å². The highest BCUT2D eigenvalue weighted by atomic mass is 16.5. The second kappa shape index (κ2) is 6.92. The second-order valence-electron chi connectivity index (χ2n) is 5.32. The molecule has 1 aromatic carbocycles. The van der Waals surface area contributed by atoms with Crippen molar-refractivity contribution in [2.75, 3.05) is 13.2 Å². The summed E-state index contributed by atoms with van der Waals surface area (Å²) in [5.41, 5.74) is 1.18. The molecule has 0 saturated heterocycles. The largest absolute Gasteiger partial charge is 0.422 e. The Kier molecular flexibility index (Phi) is 4.98. The zero-order chi connectivity index (χ0) is 15.2. The molecule has 0 aliphatic carbocycles. The van der Waals surface area contributed by atoms with Crippen molar-refractivity contribution in [3.8, 4) is 5.75 Å². The van der Waals surface area contributed by atoms with Gasteiger partial charge in [0, 0.05) is 24.9 Å². The summed E-state index contributed by atoms with van der Waals surface area (Å²) in [6, 6.07) is 9.01. The highest BCUT2D eigenvalue weighted by Gasteiger charge is 2.19. The number of esters is 1. The van der Waals surface area contributed by atoms with E-state index in [-0.39, 0.29) is 11.9 Å². The average Bonchev–Trinajstić information content (AvgIpc) is 2.94. The summed E-state index contributed by atoms with van der Waals surface area (Å²) in [5.74, 6) is 0.417. The first-order valence-electron chi connectivity index (χ1n) is 7.10. The van der Waals surface area contributed by atoms with E-state index in [1.807, 2.05) is 36.9 Å². The molecule has 112 valence electrons. The Hall–Kier alpha value is -2.30. The predicted molar refractivity (Wildman–Crippen MR) is 82.1 cm³/mol. The van der Waals surface area contributed by atoms with E-state index in [0.717, 1.165) is 12.3 Å². The van der Waals surface area contributed by atoms with Crippen molar-refractivity contribution in [2.24, 2.45) is 5.92 Å². The molecule has 5 heteroatoms. The zero-order valence-electron chi connectivity index (χ0n) is 12.4. The number of para-hydroxylation sites is 1. The lowest BCUT2D eigenvalue weighted by Crippen LogP contribution is -2.26. The molecule has 1 aliphatic heterocycles. The van der Waals surface area contributed by atoms with Gasteiger partial charge in [0.25, 0.3) is 0 Å². The van der Waals surface area contributed by atoms with Crippen LogP contribution in [0.15, 0.2) is 42.2 Å². The number of nitrogens with zero attached hydrogens (tertiary/aromatic N) is 1. The summed E-state index contributed by atoms with van der Waals surface area (Å²) in [6.07, 6.45) is 2.47. The summed E-state index contributed by atoms with van der Waals surface area (Å²) in [7, 11) is 0. The van der Waals surface area contributed by atoms with Crippen LogP contribution < -0.4 is 10.1 Å². The van der Waals surface area contributed by atoms with E-state index in [2.05, 4.69) is 5.32 Å². The highest BCUT2D eigenvalue weighted by molar-refractivity contribution is 5.89. The Balaban J connectivity index is 1.86. The molecule has 5 nitrogen and oxygen atoms in total. The maximum Gasteiger partial charge on any atom is 0.361 e. The average molecular weight is 287 g/mol. The number of rotatable bonds is 6. The Bertz CT molecular complexity index is 538. The minimum Gasteiger partial charge on any atom is -0.422 e. The van der Waals surface area contributed by atoms with Crippen molar-refractivity contribution < 1.29 is 9.53 Å². The summed E-state index contributed by atoms with van der Waals surface area (Å²) in [6.45, 7) is 5.34. The molecule has 21 heavy (non-hydrogen) atoms. The quantitative estimate of drug-likeness (QED) is 0.479. The van der Waals surface area contributed by atoms with Gasteiger partial charge >= 0.3 is 5.97 Å². The van der Waals surface area contributed by atoms with Crippen LogP contribution in [-0.4, -0.2) is 29.8 Å². The molecule has 0 atom stereocenters. The van der Waals surface area contributed by atoms with E-state index in [4.69, 9.17) is 10.1 Å². The van der Waals surface area contributed by atoms with Gasteiger partial charge in [0.05, 0.1) is 6.67 Å². The van der Waals surface area contributed by atoms with Crippen LogP contribution in [0.4, 0.5) is 0 Å². The van der Waals surface area contributed by atoms with Crippen molar-refractivity contribution in [3.63, 3.8) is 0 Å². The number of carbonyl (C=O) groups excluding carboxylic acids is 1. The van der Waals surface area contributed by atoms with E-state index >= 15 is 0 Å². The third kappa shape index (κ3) is 4.34. The number of nitrogens with one attached hydrogen (secondary N) is 2. The van der Waals surface area contributed by atoms with Crippen LogP contribution in [0.2, 0.25) is 0 Å². The van der Waals surface area contributed by atoms with Crippen LogP contribution in [0.1, 0.15) is 20.3 Å². The molecule has 0 amide bonds. The molecule has 0 radical (unpaired) electrons. The SMILES string of the molecule is CC(C)C(=N)CCN1C=C(C(=O)Oc2ccccc2)NC1. The second-order valence-corrected chi connectivity index (χ2v) is 5.32. The van der Waals surface area contributed by atoms with Gasteiger partial charge in [0.1, 0.15) is 11.4 Å². The molecule has 0 spiro atoms. The number of hydrogen-bond donors (Lipinski definition) is 2.